The summed E-state index contributed by atoms with van der Waals surface area (Å²) in [5.41, 5.74) is 0. The lowest BCUT2D eigenvalue weighted by Crippen LogP contribution is -2.21. The molecule has 0 aliphatic carbocycles. The van der Waals surface area contributed by atoms with Gasteiger partial charge in [0.05, 0.1) is 6.54 Å². The summed E-state index contributed by atoms with van der Waals surface area (Å²) in [5, 5.41) is 11.3. The van der Waals surface area contributed by atoms with Gasteiger partial charge in [-0.05, 0) is 12.1 Å². The van der Waals surface area contributed by atoms with Crippen LogP contribution in [0.4, 0.5) is 0 Å². The first kappa shape index (κ1) is 11.8. The number of carboxylic acid groups (broad SMARTS) is 1. The zero-order chi connectivity index (χ0) is 11.3. The minimum atomic E-state index is -2.10. The van der Waals surface area contributed by atoms with Crippen LogP contribution < -0.4 is 9.61 Å². The zero-order valence-electron chi connectivity index (χ0n) is 8.51. The third-order valence-corrected chi connectivity index (χ3v) is 3.06. The van der Waals surface area contributed by atoms with Crippen LogP contribution in [-0.4, -0.2) is 30.6 Å². The molecule has 82 valence electrons. The minimum Gasteiger partial charge on any atom is -0.480 e. The lowest BCUT2D eigenvalue weighted by Gasteiger charge is -2.21. The van der Waals surface area contributed by atoms with Crippen molar-refractivity contribution in [3.05, 3.63) is 30.3 Å². The number of hydrogen-bond acceptors (Lipinski definition) is 3. The lowest BCUT2D eigenvalue weighted by atomic mass is 10.3. The summed E-state index contributed by atoms with van der Waals surface area (Å²) >= 11 is 0. The summed E-state index contributed by atoms with van der Waals surface area (Å²) in [6.07, 6.45) is 3.85. The second-order valence-electron chi connectivity index (χ2n) is 3.23. The van der Waals surface area contributed by atoms with Gasteiger partial charge in [-0.3, -0.25) is 9.88 Å². The highest BCUT2D eigenvalue weighted by Gasteiger charge is 2.10. The summed E-state index contributed by atoms with van der Waals surface area (Å²) in [5.74, 6) is -0.220. The number of carbonyl (C=O) groups is 1. The van der Waals surface area contributed by atoms with Gasteiger partial charge in [0, 0.05) is 6.66 Å². The van der Waals surface area contributed by atoms with Crippen LogP contribution >= 0.6 is 7.26 Å². The fourth-order valence-electron chi connectivity index (χ4n) is 0.981. The van der Waals surface area contributed by atoms with Crippen molar-refractivity contribution >= 4 is 19.5 Å². The van der Waals surface area contributed by atoms with E-state index in [0.717, 1.165) is 0 Å². The van der Waals surface area contributed by atoms with Crippen LogP contribution in [0.1, 0.15) is 0 Å². The first-order valence-corrected chi connectivity index (χ1v) is 6.76. The summed E-state index contributed by atoms with van der Waals surface area (Å²) in [7, 11) is -2.10. The van der Waals surface area contributed by atoms with Gasteiger partial charge in [0.1, 0.15) is 13.0 Å². The van der Waals surface area contributed by atoms with Gasteiger partial charge in [0.25, 0.3) is 0 Å². The van der Waals surface area contributed by atoms with Gasteiger partial charge >= 0.3 is 5.97 Å². The molecule has 0 fully saturated rings. The maximum Gasteiger partial charge on any atom is 0.317 e. The smallest absolute Gasteiger partial charge is 0.317 e. The molecule has 5 heteroatoms. The number of carboxylic acids is 1. The van der Waals surface area contributed by atoms with E-state index >= 15 is 0 Å². The van der Waals surface area contributed by atoms with E-state index in [9.17, 15) is 4.79 Å². The van der Waals surface area contributed by atoms with Gasteiger partial charge in [-0.25, -0.2) is 0 Å². The summed E-state index contributed by atoms with van der Waals surface area (Å²) in [6, 6.07) is 9.22. The van der Waals surface area contributed by atoms with Gasteiger partial charge in [-0.1, -0.05) is 24.5 Å². The Hall–Kier alpha value is -1.25. The highest BCUT2D eigenvalue weighted by atomic mass is 31.2. The van der Waals surface area contributed by atoms with E-state index in [0.29, 0.717) is 5.75 Å². The summed E-state index contributed by atoms with van der Waals surface area (Å²) in [4.78, 5) is 10.4. The molecule has 0 radical (unpaired) electrons. The van der Waals surface area contributed by atoms with Crippen molar-refractivity contribution < 1.29 is 14.4 Å². The fraction of sp³-hybridized carbons (Fsp3) is 0.200. The van der Waals surface area contributed by atoms with Crippen LogP contribution in [0.5, 0.6) is 5.75 Å². The van der Waals surface area contributed by atoms with Gasteiger partial charge < -0.3 is 9.63 Å². The predicted octanol–water partition coefficient (Wildman–Crippen LogP) is 1.65. The molecule has 2 N–H and O–H groups in total. The molecule has 1 atom stereocenters. The molecular weight excluding hydrogens is 213 g/mol. The third-order valence-electron chi connectivity index (χ3n) is 1.61. The average Bonchev–Trinajstić information content (AvgIpc) is 2.16. The van der Waals surface area contributed by atoms with E-state index in [1.165, 1.54) is 0 Å². The van der Waals surface area contributed by atoms with Crippen molar-refractivity contribution in [2.75, 3.05) is 13.2 Å². The maximum atomic E-state index is 10.4. The van der Waals surface area contributed by atoms with Gasteiger partial charge in [-0.2, -0.15) is 0 Å². The van der Waals surface area contributed by atoms with Crippen molar-refractivity contribution in [3.8, 4) is 5.75 Å². The van der Waals surface area contributed by atoms with E-state index in [4.69, 9.17) is 9.63 Å². The first-order chi connectivity index (χ1) is 6.99. The largest absolute Gasteiger partial charge is 0.480 e. The molecule has 15 heavy (non-hydrogen) atoms. The monoisotopic (exact) mass is 227 g/mol. The van der Waals surface area contributed by atoms with Crippen molar-refractivity contribution in [1.82, 2.24) is 5.09 Å². The highest BCUT2D eigenvalue weighted by molar-refractivity contribution is 7.66. The van der Waals surface area contributed by atoms with E-state index < -0.39 is 13.2 Å². The Morgan fingerprint density at radius 2 is 2.13 bits per heavy atom. The Labute approximate surface area is 89.0 Å². The molecule has 0 aliphatic rings. The SMILES string of the molecule is C=[P@](C)(NCC(=O)O)Oc1ccccc1. The number of rotatable bonds is 5. The van der Waals surface area contributed by atoms with Crippen molar-refractivity contribution in [1.29, 1.82) is 0 Å². The molecule has 4 nitrogen and oxygen atoms in total. The van der Waals surface area contributed by atoms with E-state index in [-0.39, 0.29) is 6.54 Å². The molecule has 0 aromatic heterocycles. The number of aliphatic carboxylic acids is 1. The Balaban J connectivity index is 2.57. The molecular formula is C10H14NO3P. The van der Waals surface area contributed by atoms with Crippen molar-refractivity contribution in [2.24, 2.45) is 0 Å². The molecule has 1 rings (SSSR count). The molecule has 1 aromatic carbocycles. The van der Waals surface area contributed by atoms with Gasteiger partial charge in [0.2, 0.25) is 0 Å². The molecule has 0 amide bonds. The third kappa shape index (κ3) is 4.68. The van der Waals surface area contributed by atoms with Crippen LogP contribution in [0.15, 0.2) is 30.3 Å². The molecule has 0 bridgehead atoms. The number of nitrogens with one attached hydrogen (secondary N) is 1. The molecule has 0 unspecified atom stereocenters. The second-order valence-corrected chi connectivity index (χ2v) is 5.93. The van der Waals surface area contributed by atoms with E-state index in [2.05, 4.69) is 11.4 Å². The second kappa shape index (κ2) is 5.01. The Morgan fingerprint density at radius 1 is 1.53 bits per heavy atom. The Bertz CT molecular complexity index is 378. The van der Waals surface area contributed by atoms with Crippen LogP contribution in [0.3, 0.4) is 0 Å². The Morgan fingerprint density at radius 3 is 2.67 bits per heavy atom. The lowest BCUT2D eigenvalue weighted by molar-refractivity contribution is -0.135. The fourth-order valence-corrected chi connectivity index (χ4v) is 2.10. The molecule has 0 aliphatic heterocycles. The standard InChI is InChI=1S/C10H14NO3P/c1-15(2,11-8-10(12)13)14-9-6-4-3-5-7-9/h3-7,11H,1,8H2,2H3,(H,12,13)/t15-/m0/s1. The van der Waals surface area contributed by atoms with Gasteiger partial charge in [0.15, 0.2) is 0 Å². The van der Waals surface area contributed by atoms with Crippen LogP contribution in [0.2, 0.25) is 0 Å². The normalized spacial score (nSPS) is 14.2. The van der Waals surface area contributed by atoms with Crippen LogP contribution in [0, 0.1) is 0 Å². The zero-order valence-corrected chi connectivity index (χ0v) is 9.41. The summed E-state index contributed by atoms with van der Waals surface area (Å²) in [6.45, 7) is 1.64. The van der Waals surface area contributed by atoms with Crippen LogP contribution in [-0.2, 0) is 4.79 Å². The summed E-state index contributed by atoms with van der Waals surface area (Å²) < 4.78 is 5.58. The van der Waals surface area contributed by atoms with Crippen LogP contribution in [0.25, 0.3) is 0 Å². The average molecular weight is 227 g/mol. The topological polar surface area (TPSA) is 58.6 Å². The predicted molar refractivity (Wildman–Crippen MR) is 62.7 cm³/mol. The number of para-hydroxylation sites is 1. The van der Waals surface area contributed by atoms with Gasteiger partial charge in [-0.15, -0.1) is 0 Å². The molecule has 0 heterocycles. The van der Waals surface area contributed by atoms with Crippen molar-refractivity contribution in [2.45, 2.75) is 0 Å². The highest BCUT2D eigenvalue weighted by Crippen LogP contribution is 2.37. The van der Waals surface area contributed by atoms with E-state index in [1.54, 1.807) is 6.66 Å². The van der Waals surface area contributed by atoms with E-state index in [1.807, 2.05) is 30.3 Å². The molecule has 1 aromatic rings. The van der Waals surface area contributed by atoms with Crippen molar-refractivity contribution in [3.63, 3.8) is 0 Å². The Kier molecular flexibility index (Phi) is 3.95. The first-order valence-electron chi connectivity index (χ1n) is 4.42. The minimum absolute atomic E-state index is 0.138. The number of hydrogen-bond donors (Lipinski definition) is 2. The number of benzene rings is 1. The molecule has 0 saturated carbocycles. The quantitative estimate of drug-likeness (QED) is 0.751. The maximum absolute atomic E-state index is 10.4. The molecule has 0 spiro atoms. The molecule has 0 saturated heterocycles.